The Balaban J connectivity index is 1.25. The van der Waals surface area contributed by atoms with E-state index in [1.807, 2.05) is 30.3 Å². The number of hydrogen-bond acceptors (Lipinski definition) is 2. The first-order valence-electron chi connectivity index (χ1n) is 18.4. The molecular formula is C46H35BF6N2. The summed E-state index contributed by atoms with van der Waals surface area (Å²) in [5, 5.41) is 0. The number of para-hydroxylation sites is 1. The first-order chi connectivity index (χ1) is 26.4. The van der Waals surface area contributed by atoms with Crippen molar-refractivity contribution in [3.05, 3.63) is 179 Å². The van der Waals surface area contributed by atoms with E-state index in [-0.39, 0.29) is 18.7 Å². The smallest absolute Gasteiger partial charge is 0.335 e. The summed E-state index contributed by atoms with van der Waals surface area (Å²) in [5.74, 6) is -0.208. The topological polar surface area (TPSA) is 6.48 Å². The van der Waals surface area contributed by atoms with Gasteiger partial charge < -0.3 is 9.80 Å². The van der Waals surface area contributed by atoms with Crippen molar-refractivity contribution in [3.63, 3.8) is 0 Å². The second-order valence-electron chi connectivity index (χ2n) is 14.8. The van der Waals surface area contributed by atoms with Gasteiger partial charge in [-0.1, -0.05) is 102 Å². The van der Waals surface area contributed by atoms with Crippen LogP contribution in [0.4, 0.5) is 49.1 Å². The highest BCUT2D eigenvalue weighted by Crippen LogP contribution is 2.49. The summed E-state index contributed by atoms with van der Waals surface area (Å²) in [6, 6.07) is 31.6. The Bertz CT molecular complexity index is 2450. The summed E-state index contributed by atoms with van der Waals surface area (Å²) in [7, 11) is 0. The van der Waals surface area contributed by atoms with E-state index in [0.29, 0.717) is 12.0 Å². The summed E-state index contributed by atoms with van der Waals surface area (Å²) in [4.78, 5) is 4.65. The van der Waals surface area contributed by atoms with Crippen LogP contribution < -0.4 is 20.7 Å². The highest BCUT2D eigenvalue weighted by Gasteiger charge is 2.48. The first-order valence-corrected chi connectivity index (χ1v) is 18.4. The van der Waals surface area contributed by atoms with Crippen LogP contribution in [-0.2, 0) is 12.4 Å². The van der Waals surface area contributed by atoms with Crippen molar-refractivity contribution in [1.82, 2.24) is 0 Å². The molecule has 274 valence electrons. The standard InChI is InChI=1S/C46H35BF6N2/c1-28-14-24-40-36(26-28)47-37-27-29(2)15-25-41(37)55(39-11-6-4-9-35(39)31-18-22-33(23-19-31)46(51,52)53)43-13-7-12-42(44(43)47)54(40)38-10-5-3-8-34(38)30-16-20-32(21-17-30)45(48,49)50/h3-8,10-23,25-27,35,40H,9,24H2,1-2H3. The van der Waals surface area contributed by atoms with E-state index in [4.69, 9.17) is 0 Å². The van der Waals surface area contributed by atoms with Crippen molar-refractivity contribution in [2.45, 2.75) is 51.0 Å². The molecule has 0 bridgehead atoms. The summed E-state index contributed by atoms with van der Waals surface area (Å²) >= 11 is 0. The molecule has 2 nitrogen and oxygen atoms in total. The number of alkyl halides is 6. The van der Waals surface area contributed by atoms with E-state index in [0.717, 1.165) is 86.7 Å². The number of anilines is 4. The molecule has 55 heavy (non-hydrogen) atoms. The molecule has 0 spiro atoms. The van der Waals surface area contributed by atoms with E-state index < -0.39 is 23.5 Å². The fourth-order valence-corrected chi connectivity index (χ4v) is 8.93. The first kappa shape index (κ1) is 35.0. The zero-order valence-electron chi connectivity index (χ0n) is 30.1. The fraction of sp³-hybridized carbons (Fsp3) is 0.174. The van der Waals surface area contributed by atoms with Crippen LogP contribution >= 0.6 is 0 Å². The number of hydrogen-bond donors (Lipinski definition) is 0. The molecule has 2 heterocycles. The number of nitrogens with zero attached hydrogens (tertiary/aromatic N) is 2. The average molecular weight is 741 g/mol. The van der Waals surface area contributed by atoms with Crippen molar-refractivity contribution in [2.24, 2.45) is 0 Å². The monoisotopic (exact) mass is 740 g/mol. The van der Waals surface area contributed by atoms with Crippen LogP contribution in [0.15, 0.2) is 156 Å². The summed E-state index contributed by atoms with van der Waals surface area (Å²) in [5.41, 5.74) is 11.6. The maximum absolute atomic E-state index is 13.6. The lowest BCUT2D eigenvalue weighted by Crippen LogP contribution is -2.61. The molecule has 0 N–H and O–H groups in total. The third-order valence-corrected chi connectivity index (χ3v) is 11.4. The third-order valence-electron chi connectivity index (χ3n) is 11.4. The number of aryl methyl sites for hydroxylation is 1. The van der Waals surface area contributed by atoms with Gasteiger partial charge in [0.2, 0.25) is 6.71 Å². The maximum atomic E-state index is 13.6. The molecule has 2 aliphatic carbocycles. The molecule has 2 unspecified atom stereocenters. The van der Waals surface area contributed by atoms with Crippen LogP contribution in [0.5, 0.6) is 0 Å². The lowest BCUT2D eigenvalue weighted by molar-refractivity contribution is -0.138. The van der Waals surface area contributed by atoms with Crippen molar-refractivity contribution in [3.8, 4) is 11.1 Å². The Kier molecular flexibility index (Phi) is 8.26. The summed E-state index contributed by atoms with van der Waals surface area (Å²) < 4.78 is 81.6. The minimum Gasteiger partial charge on any atom is -0.335 e. The molecule has 0 aromatic heterocycles. The predicted molar refractivity (Wildman–Crippen MR) is 210 cm³/mol. The number of fused-ring (bicyclic) bond motifs is 4. The van der Waals surface area contributed by atoms with Crippen LogP contribution in [0.2, 0.25) is 0 Å². The zero-order valence-corrected chi connectivity index (χ0v) is 30.1. The highest BCUT2D eigenvalue weighted by atomic mass is 19.4. The minimum atomic E-state index is -4.44. The predicted octanol–water partition coefficient (Wildman–Crippen LogP) is 11.7. The van der Waals surface area contributed by atoms with Gasteiger partial charge >= 0.3 is 12.4 Å². The normalized spacial score (nSPS) is 18.9. The second-order valence-corrected chi connectivity index (χ2v) is 14.8. The van der Waals surface area contributed by atoms with E-state index in [1.165, 1.54) is 11.0 Å². The van der Waals surface area contributed by atoms with Crippen molar-refractivity contribution < 1.29 is 26.3 Å². The molecule has 0 fully saturated rings. The van der Waals surface area contributed by atoms with Gasteiger partial charge in [0.15, 0.2) is 0 Å². The molecule has 2 aliphatic heterocycles. The molecule has 0 saturated heterocycles. The molecule has 0 radical (unpaired) electrons. The van der Waals surface area contributed by atoms with Crippen LogP contribution in [0, 0.1) is 6.92 Å². The fourth-order valence-electron chi connectivity index (χ4n) is 8.93. The van der Waals surface area contributed by atoms with Crippen molar-refractivity contribution in [2.75, 3.05) is 9.80 Å². The van der Waals surface area contributed by atoms with E-state index in [1.54, 1.807) is 24.3 Å². The van der Waals surface area contributed by atoms with Crippen molar-refractivity contribution >= 4 is 40.4 Å². The van der Waals surface area contributed by atoms with E-state index in [9.17, 15) is 26.3 Å². The molecule has 9 heteroatoms. The third kappa shape index (κ3) is 5.92. The Hall–Kier alpha value is -5.70. The number of halogens is 6. The average Bonchev–Trinajstić information content (AvgIpc) is 3.17. The van der Waals surface area contributed by atoms with Crippen LogP contribution in [-0.4, -0.2) is 12.8 Å². The van der Waals surface area contributed by atoms with Gasteiger partial charge in [0.1, 0.15) is 0 Å². The molecule has 0 amide bonds. The van der Waals surface area contributed by atoms with Gasteiger partial charge in [0.05, 0.1) is 17.2 Å². The lowest BCUT2D eigenvalue weighted by atomic mass is 9.31. The number of benzene rings is 5. The number of rotatable bonds is 4. The molecule has 5 aromatic rings. The molecule has 5 aromatic carbocycles. The lowest BCUT2D eigenvalue weighted by Gasteiger charge is -2.50. The molecule has 2 atom stereocenters. The van der Waals surface area contributed by atoms with Crippen LogP contribution in [0.25, 0.3) is 11.1 Å². The maximum Gasteiger partial charge on any atom is 0.416 e. The SMILES string of the molecule is CC1=CCC2C(=C1)B1c3cc(C)ccc3N(C3=CC=CCC3c3ccc(C(F)(F)F)cc3)c3cccc(c31)N2c1ccccc1-c1ccc(C(F)(F)F)cc1. The zero-order chi connectivity index (χ0) is 38.2. The van der Waals surface area contributed by atoms with Gasteiger partial charge in [-0.05, 0) is 103 Å². The molecule has 0 saturated carbocycles. The van der Waals surface area contributed by atoms with E-state index >= 15 is 0 Å². The minimum absolute atomic E-state index is 0.0660. The van der Waals surface area contributed by atoms with Gasteiger partial charge in [-0.3, -0.25) is 0 Å². The Labute approximate surface area is 316 Å². The van der Waals surface area contributed by atoms with E-state index in [2.05, 4.69) is 84.3 Å². The summed E-state index contributed by atoms with van der Waals surface area (Å²) in [6.45, 7) is 4.13. The van der Waals surface area contributed by atoms with Gasteiger partial charge in [-0.25, -0.2) is 0 Å². The molecule has 4 aliphatic rings. The van der Waals surface area contributed by atoms with Crippen molar-refractivity contribution in [1.29, 1.82) is 0 Å². The van der Waals surface area contributed by atoms with Gasteiger partial charge in [-0.2, -0.15) is 26.3 Å². The van der Waals surface area contributed by atoms with Gasteiger partial charge in [0, 0.05) is 39.9 Å². The van der Waals surface area contributed by atoms with Crippen LogP contribution in [0.1, 0.15) is 47.9 Å². The largest absolute Gasteiger partial charge is 0.416 e. The quantitative estimate of drug-likeness (QED) is 0.134. The summed E-state index contributed by atoms with van der Waals surface area (Å²) in [6.07, 6.45) is 3.19. The second kappa shape index (κ2) is 13.0. The highest BCUT2D eigenvalue weighted by molar-refractivity contribution is 6.95. The van der Waals surface area contributed by atoms with Gasteiger partial charge in [-0.15, -0.1) is 0 Å². The number of allylic oxidation sites excluding steroid dienone is 6. The Morgan fingerprint density at radius 2 is 1.35 bits per heavy atom. The Morgan fingerprint density at radius 1 is 0.673 bits per heavy atom. The van der Waals surface area contributed by atoms with Crippen LogP contribution in [0.3, 0.4) is 0 Å². The van der Waals surface area contributed by atoms with Gasteiger partial charge in [0.25, 0.3) is 0 Å². The Morgan fingerprint density at radius 3 is 2.07 bits per heavy atom. The molecular weight excluding hydrogens is 705 g/mol. The molecule has 9 rings (SSSR count).